The average Bonchev–Trinajstić information content (AvgIpc) is 3.05. The van der Waals surface area contributed by atoms with Crippen molar-refractivity contribution in [2.24, 2.45) is 4.99 Å². The van der Waals surface area contributed by atoms with Gasteiger partial charge in [-0.3, -0.25) is 4.79 Å². The third-order valence-electron chi connectivity index (χ3n) is 4.09. The van der Waals surface area contributed by atoms with Gasteiger partial charge in [0, 0.05) is 0 Å². The lowest BCUT2D eigenvalue weighted by molar-refractivity contribution is -0.145. The number of aliphatic carboxylic acids is 1. The van der Waals surface area contributed by atoms with Gasteiger partial charge in [0.25, 0.3) is 5.91 Å². The topological polar surface area (TPSA) is 97.2 Å². The molecule has 9 heteroatoms. The van der Waals surface area contributed by atoms with E-state index in [0.717, 1.165) is 11.8 Å². The van der Waals surface area contributed by atoms with Crippen LogP contribution in [0.2, 0.25) is 0 Å². The number of rotatable bonds is 7. The fourth-order valence-corrected chi connectivity index (χ4v) is 3.47. The van der Waals surface area contributed by atoms with Gasteiger partial charge in [0.2, 0.25) is 0 Å². The summed E-state index contributed by atoms with van der Waals surface area (Å²) in [6.45, 7) is 1.71. The van der Waals surface area contributed by atoms with Crippen molar-refractivity contribution in [3.8, 4) is 11.5 Å². The first-order valence-electron chi connectivity index (χ1n) is 9.02. The number of carboxylic acids is 1. The molecule has 1 saturated heterocycles. The van der Waals surface area contributed by atoms with Gasteiger partial charge in [-0.1, -0.05) is 19.1 Å². The van der Waals surface area contributed by atoms with E-state index >= 15 is 0 Å². The first kappa shape index (κ1) is 21.4. The summed E-state index contributed by atoms with van der Waals surface area (Å²) in [5, 5.41) is 12.1. The maximum Gasteiger partial charge on any atom is 0.344 e. The van der Waals surface area contributed by atoms with Crippen LogP contribution in [-0.2, 0) is 9.59 Å². The summed E-state index contributed by atoms with van der Waals surface area (Å²) in [5.41, 5.74) is 1.05. The Labute approximate surface area is 176 Å². The van der Waals surface area contributed by atoms with Gasteiger partial charge >= 0.3 is 5.97 Å². The molecule has 0 bridgehead atoms. The lowest BCUT2D eigenvalue weighted by Gasteiger charge is -2.16. The first-order valence-corrected chi connectivity index (χ1v) is 9.84. The van der Waals surface area contributed by atoms with E-state index in [-0.39, 0.29) is 5.91 Å². The smallest absolute Gasteiger partial charge is 0.344 e. The maximum absolute atomic E-state index is 13.3. The standard InChI is InChI=1S/C21H19FN2O5S/c1-3-15(20(26)27)29-16-8-7-12(9-17(16)28-2)10-18-19(25)24-21(30-18)23-14-6-4-5-13(22)11-14/h4-11,15H,3H2,1-2H3,(H,26,27)(H,23,24,25)/b18-10+. The van der Waals surface area contributed by atoms with Crippen molar-refractivity contribution >= 4 is 40.6 Å². The molecule has 3 rings (SSSR count). The Kier molecular flexibility index (Phi) is 6.73. The summed E-state index contributed by atoms with van der Waals surface area (Å²) in [7, 11) is 1.45. The van der Waals surface area contributed by atoms with E-state index in [1.807, 2.05) is 0 Å². The van der Waals surface area contributed by atoms with Crippen molar-refractivity contribution in [2.45, 2.75) is 19.4 Å². The van der Waals surface area contributed by atoms with E-state index in [2.05, 4.69) is 10.3 Å². The second-order valence-corrected chi connectivity index (χ2v) is 7.26. The zero-order chi connectivity index (χ0) is 21.7. The van der Waals surface area contributed by atoms with E-state index < -0.39 is 17.9 Å². The molecule has 1 fully saturated rings. The quantitative estimate of drug-likeness (QED) is 0.645. The molecule has 1 heterocycles. The molecule has 1 aliphatic rings. The first-order chi connectivity index (χ1) is 14.4. The fraction of sp³-hybridized carbons (Fsp3) is 0.190. The SMILES string of the molecule is CCC(Oc1ccc(/C=C2/SC(=Nc3cccc(F)c3)NC2=O)cc1OC)C(=O)O. The molecule has 1 aliphatic heterocycles. The number of carbonyl (C=O) groups excluding carboxylic acids is 1. The molecular formula is C21H19FN2O5S. The Balaban J connectivity index is 1.80. The van der Waals surface area contributed by atoms with E-state index in [1.54, 1.807) is 37.3 Å². The van der Waals surface area contributed by atoms with Crippen LogP contribution in [0, 0.1) is 5.82 Å². The number of methoxy groups -OCH3 is 1. The number of thioether (sulfide) groups is 1. The van der Waals surface area contributed by atoms with Crippen LogP contribution in [0.1, 0.15) is 18.9 Å². The highest BCUT2D eigenvalue weighted by molar-refractivity contribution is 8.18. The number of hydrogen-bond donors (Lipinski definition) is 2. The summed E-state index contributed by atoms with van der Waals surface area (Å²) >= 11 is 1.13. The van der Waals surface area contributed by atoms with Crippen molar-refractivity contribution in [1.82, 2.24) is 5.32 Å². The number of carbonyl (C=O) groups is 2. The van der Waals surface area contributed by atoms with E-state index in [9.17, 15) is 14.0 Å². The largest absolute Gasteiger partial charge is 0.493 e. The summed E-state index contributed by atoms with van der Waals surface area (Å²) in [5.74, 6) is -1.15. The molecular weight excluding hydrogens is 411 g/mol. The predicted molar refractivity (Wildman–Crippen MR) is 113 cm³/mol. The van der Waals surface area contributed by atoms with Crippen molar-refractivity contribution in [2.75, 3.05) is 7.11 Å². The highest BCUT2D eigenvalue weighted by Crippen LogP contribution is 2.33. The molecule has 7 nitrogen and oxygen atoms in total. The Bertz CT molecular complexity index is 1040. The number of nitrogens with one attached hydrogen (secondary N) is 1. The number of ether oxygens (including phenoxy) is 2. The molecule has 1 unspecified atom stereocenters. The minimum atomic E-state index is -1.06. The molecule has 0 saturated carbocycles. The van der Waals surface area contributed by atoms with Crippen molar-refractivity contribution in [1.29, 1.82) is 0 Å². The van der Waals surface area contributed by atoms with Crippen molar-refractivity contribution in [3.05, 3.63) is 58.8 Å². The van der Waals surface area contributed by atoms with Gasteiger partial charge in [0.15, 0.2) is 22.8 Å². The molecule has 0 aromatic heterocycles. The van der Waals surface area contributed by atoms with Gasteiger partial charge in [-0.15, -0.1) is 0 Å². The fourth-order valence-electron chi connectivity index (χ4n) is 2.63. The van der Waals surface area contributed by atoms with Gasteiger partial charge < -0.3 is 19.9 Å². The lowest BCUT2D eigenvalue weighted by atomic mass is 10.1. The number of halogens is 1. The summed E-state index contributed by atoms with van der Waals surface area (Å²) < 4.78 is 24.1. The molecule has 0 radical (unpaired) electrons. The second-order valence-electron chi connectivity index (χ2n) is 6.22. The maximum atomic E-state index is 13.3. The molecule has 1 atom stereocenters. The molecule has 2 N–H and O–H groups in total. The number of nitrogens with zero attached hydrogens (tertiary/aromatic N) is 1. The average molecular weight is 430 g/mol. The van der Waals surface area contributed by atoms with Crippen molar-refractivity contribution < 1.29 is 28.6 Å². The number of amidine groups is 1. The third-order valence-corrected chi connectivity index (χ3v) is 5.00. The van der Waals surface area contributed by atoms with Crippen molar-refractivity contribution in [3.63, 3.8) is 0 Å². The van der Waals surface area contributed by atoms with Crippen LogP contribution in [0.3, 0.4) is 0 Å². The predicted octanol–water partition coefficient (Wildman–Crippen LogP) is 3.97. The Morgan fingerprint density at radius 1 is 1.30 bits per heavy atom. The van der Waals surface area contributed by atoms with Gasteiger partial charge in [-0.2, -0.15) is 0 Å². The van der Waals surface area contributed by atoms with Gasteiger partial charge in [-0.05, 0) is 60.2 Å². The normalized spacial score (nSPS) is 17.1. The zero-order valence-corrected chi connectivity index (χ0v) is 17.0. The van der Waals surface area contributed by atoms with Crippen LogP contribution in [0.15, 0.2) is 52.4 Å². The number of hydrogen-bond acceptors (Lipinski definition) is 6. The van der Waals surface area contributed by atoms with Gasteiger partial charge in [0.1, 0.15) is 5.82 Å². The summed E-state index contributed by atoms with van der Waals surface area (Å²) in [6.07, 6.45) is 0.963. The molecule has 0 spiro atoms. The number of benzene rings is 2. The number of amides is 1. The van der Waals surface area contributed by atoms with Gasteiger partial charge in [-0.25, -0.2) is 14.2 Å². The van der Waals surface area contributed by atoms with Gasteiger partial charge in [0.05, 0.1) is 17.7 Å². The number of carboxylic acid groups (broad SMARTS) is 1. The van der Waals surface area contributed by atoms with E-state index in [4.69, 9.17) is 14.6 Å². The second kappa shape index (κ2) is 9.45. The van der Waals surface area contributed by atoms with E-state index in [1.165, 1.54) is 25.3 Å². The van der Waals surface area contributed by atoms with Crippen LogP contribution in [0.5, 0.6) is 11.5 Å². The Morgan fingerprint density at radius 2 is 2.10 bits per heavy atom. The van der Waals surface area contributed by atoms with Crippen LogP contribution in [0.25, 0.3) is 6.08 Å². The minimum Gasteiger partial charge on any atom is -0.493 e. The minimum absolute atomic E-state index is 0.297. The van der Waals surface area contributed by atoms with Crippen LogP contribution < -0.4 is 14.8 Å². The molecule has 2 aromatic rings. The molecule has 156 valence electrons. The molecule has 2 aromatic carbocycles. The zero-order valence-electron chi connectivity index (χ0n) is 16.2. The van der Waals surface area contributed by atoms with E-state index in [0.29, 0.717) is 39.2 Å². The number of aliphatic imine (C=N–C) groups is 1. The van der Waals surface area contributed by atoms with Crippen LogP contribution >= 0.6 is 11.8 Å². The highest BCUT2D eigenvalue weighted by atomic mass is 32.2. The Morgan fingerprint density at radius 3 is 2.77 bits per heavy atom. The third kappa shape index (κ3) is 5.18. The monoisotopic (exact) mass is 430 g/mol. The highest BCUT2D eigenvalue weighted by Gasteiger charge is 2.24. The molecule has 1 amide bonds. The molecule has 30 heavy (non-hydrogen) atoms. The Hall–Kier alpha value is -3.33. The summed E-state index contributed by atoms with van der Waals surface area (Å²) in [4.78, 5) is 28.1. The lowest BCUT2D eigenvalue weighted by Crippen LogP contribution is -2.26. The van der Waals surface area contributed by atoms with Crippen LogP contribution in [-0.4, -0.2) is 35.4 Å². The summed E-state index contributed by atoms with van der Waals surface area (Å²) in [6, 6.07) is 10.7. The van der Waals surface area contributed by atoms with Crippen LogP contribution in [0.4, 0.5) is 10.1 Å². The molecule has 0 aliphatic carbocycles.